The summed E-state index contributed by atoms with van der Waals surface area (Å²) < 4.78 is 5.63. The lowest BCUT2D eigenvalue weighted by Crippen LogP contribution is -2.15. The molecule has 0 radical (unpaired) electrons. The molecule has 0 aromatic heterocycles. The first-order valence-electron chi connectivity index (χ1n) is 5.81. The van der Waals surface area contributed by atoms with E-state index < -0.39 is 0 Å². The minimum Gasteiger partial charge on any atom is -0.489 e. The van der Waals surface area contributed by atoms with Crippen LogP contribution in [0.5, 0.6) is 5.75 Å². The predicted octanol–water partition coefficient (Wildman–Crippen LogP) is 2.92. The van der Waals surface area contributed by atoms with E-state index in [1.807, 2.05) is 39.0 Å². The van der Waals surface area contributed by atoms with E-state index in [4.69, 9.17) is 10.5 Å². The summed E-state index contributed by atoms with van der Waals surface area (Å²) in [4.78, 5) is 0.955. The highest BCUT2D eigenvalue weighted by Gasteiger charge is 2.14. The largest absolute Gasteiger partial charge is 0.489 e. The van der Waals surface area contributed by atoms with Gasteiger partial charge in [0, 0.05) is 10.1 Å². The number of hydrogen-bond acceptors (Lipinski definition) is 4. The fourth-order valence-electron chi connectivity index (χ4n) is 1.28. The molecule has 96 valence electrons. The van der Waals surface area contributed by atoms with Gasteiger partial charge in [0.25, 0.3) is 0 Å². The zero-order valence-corrected chi connectivity index (χ0v) is 11.6. The van der Waals surface area contributed by atoms with Gasteiger partial charge in [-0.2, -0.15) is 0 Å². The molecule has 0 saturated heterocycles. The van der Waals surface area contributed by atoms with Gasteiger partial charge in [-0.15, -0.1) is 11.8 Å². The van der Waals surface area contributed by atoms with Gasteiger partial charge in [0.15, 0.2) is 0 Å². The van der Waals surface area contributed by atoms with Gasteiger partial charge in [-0.05, 0) is 32.9 Å². The van der Waals surface area contributed by atoms with Crippen LogP contribution in [0.3, 0.4) is 0 Å². The molecule has 0 saturated carbocycles. The summed E-state index contributed by atoms with van der Waals surface area (Å²) in [6, 6.07) is 5.74. The highest BCUT2D eigenvalue weighted by molar-refractivity contribution is 8.00. The lowest BCUT2D eigenvalue weighted by molar-refractivity contribution is 0.196. The zero-order valence-electron chi connectivity index (χ0n) is 10.8. The first kappa shape index (κ1) is 14.2. The van der Waals surface area contributed by atoms with Crippen molar-refractivity contribution in [1.82, 2.24) is 0 Å². The maximum atomic E-state index is 9.49. The average Bonchev–Trinajstić information content (AvgIpc) is 2.23. The molecule has 3 nitrogen and oxygen atoms in total. The molecular weight excluding hydrogens is 234 g/mol. The number of nitrogen functional groups attached to an aromatic ring is 1. The Labute approximate surface area is 107 Å². The molecule has 17 heavy (non-hydrogen) atoms. The van der Waals surface area contributed by atoms with Gasteiger partial charge in [0.05, 0.1) is 17.9 Å². The van der Waals surface area contributed by atoms with E-state index in [1.54, 1.807) is 18.7 Å². The minimum atomic E-state index is -0.367. The Bertz CT molecular complexity index is 366. The van der Waals surface area contributed by atoms with E-state index >= 15 is 0 Å². The molecule has 0 amide bonds. The molecule has 0 spiro atoms. The SMILES string of the molecule is CC(C)Oc1cccc(SC(C)C(C)O)c1N. The maximum Gasteiger partial charge on any atom is 0.143 e. The number of para-hydroxylation sites is 1. The molecule has 0 aliphatic carbocycles. The summed E-state index contributed by atoms with van der Waals surface area (Å²) in [6.07, 6.45) is -0.263. The van der Waals surface area contributed by atoms with Crippen LogP contribution in [0.4, 0.5) is 5.69 Å². The highest BCUT2D eigenvalue weighted by Crippen LogP contribution is 2.36. The quantitative estimate of drug-likeness (QED) is 0.627. The Morgan fingerprint density at radius 1 is 1.24 bits per heavy atom. The predicted molar refractivity (Wildman–Crippen MR) is 73.6 cm³/mol. The lowest BCUT2D eigenvalue weighted by atomic mass is 10.3. The van der Waals surface area contributed by atoms with Gasteiger partial charge in [0.2, 0.25) is 0 Å². The van der Waals surface area contributed by atoms with Crippen LogP contribution in [0, 0.1) is 0 Å². The number of thioether (sulfide) groups is 1. The van der Waals surface area contributed by atoms with Crippen LogP contribution in [0.25, 0.3) is 0 Å². The van der Waals surface area contributed by atoms with Gasteiger partial charge in [-0.3, -0.25) is 0 Å². The number of rotatable bonds is 5. The van der Waals surface area contributed by atoms with Crippen molar-refractivity contribution in [2.75, 3.05) is 5.73 Å². The molecular formula is C13H21NO2S. The Hall–Kier alpha value is -0.870. The number of benzene rings is 1. The normalized spacial score (nSPS) is 14.7. The summed E-state index contributed by atoms with van der Waals surface area (Å²) >= 11 is 1.56. The molecule has 0 aliphatic heterocycles. The Balaban J connectivity index is 2.86. The molecule has 0 bridgehead atoms. The summed E-state index contributed by atoms with van der Waals surface area (Å²) in [6.45, 7) is 7.70. The Kier molecular flexibility index (Phi) is 5.15. The number of aliphatic hydroxyl groups is 1. The Morgan fingerprint density at radius 3 is 2.41 bits per heavy atom. The Morgan fingerprint density at radius 2 is 1.88 bits per heavy atom. The van der Waals surface area contributed by atoms with Crippen molar-refractivity contribution >= 4 is 17.4 Å². The zero-order chi connectivity index (χ0) is 13.0. The van der Waals surface area contributed by atoms with Crippen molar-refractivity contribution < 1.29 is 9.84 Å². The molecule has 0 fully saturated rings. The summed E-state index contributed by atoms with van der Waals surface area (Å²) in [7, 11) is 0. The van der Waals surface area contributed by atoms with Crippen molar-refractivity contribution in [3.05, 3.63) is 18.2 Å². The van der Waals surface area contributed by atoms with Crippen molar-refractivity contribution in [2.45, 2.75) is 50.0 Å². The van der Waals surface area contributed by atoms with Gasteiger partial charge in [-0.25, -0.2) is 0 Å². The van der Waals surface area contributed by atoms with Gasteiger partial charge in [0.1, 0.15) is 5.75 Å². The molecule has 2 unspecified atom stereocenters. The standard InChI is InChI=1S/C13H21NO2S/c1-8(2)16-11-6-5-7-12(13(11)14)17-10(4)9(3)15/h5-10,15H,14H2,1-4H3. The van der Waals surface area contributed by atoms with Gasteiger partial charge < -0.3 is 15.6 Å². The number of hydrogen-bond donors (Lipinski definition) is 2. The van der Waals surface area contributed by atoms with Crippen molar-refractivity contribution in [2.24, 2.45) is 0 Å². The van der Waals surface area contributed by atoms with Crippen LogP contribution in [0.15, 0.2) is 23.1 Å². The van der Waals surface area contributed by atoms with E-state index in [0.29, 0.717) is 11.4 Å². The first-order valence-corrected chi connectivity index (χ1v) is 6.69. The first-order chi connectivity index (χ1) is 7.91. The van der Waals surface area contributed by atoms with Crippen molar-refractivity contribution in [3.63, 3.8) is 0 Å². The number of ether oxygens (including phenoxy) is 1. The van der Waals surface area contributed by atoms with E-state index in [9.17, 15) is 5.11 Å². The smallest absolute Gasteiger partial charge is 0.143 e. The van der Waals surface area contributed by atoms with Crippen LogP contribution < -0.4 is 10.5 Å². The van der Waals surface area contributed by atoms with E-state index in [-0.39, 0.29) is 17.5 Å². The molecule has 2 atom stereocenters. The van der Waals surface area contributed by atoms with Crippen LogP contribution in [0.2, 0.25) is 0 Å². The second kappa shape index (κ2) is 6.17. The third-order valence-electron chi connectivity index (χ3n) is 2.38. The highest BCUT2D eigenvalue weighted by atomic mass is 32.2. The second-order valence-electron chi connectivity index (χ2n) is 4.40. The molecule has 1 aromatic carbocycles. The third-order valence-corrected chi connectivity index (χ3v) is 3.76. The van der Waals surface area contributed by atoms with Crippen LogP contribution in [-0.4, -0.2) is 22.6 Å². The molecule has 1 rings (SSSR count). The van der Waals surface area contributed by atoms with E-state index in [0.717, 1.165) is 4.90 Å². The van der Waals surface area contributed by atoms with Gasteiger partial charge in [-0.1, -0.05) is 13.0 Å². The average molecular weight is 255 g/mol. The topological polar surface area (TPSA) is 55.5 Å². The molecule has 0 heterocycles. The number of aliphatic hydroxyl groups excluding tert-OH is 1. The number of nitrogens with two attached hydrogens (primary N) is 1. The second-order valence-corrected chi connectivity index (χ2v) is 5.82. The summed E-state index contributed by atoms with van der Waals surface area (Å²) in [5, 5.41) is 9.60. The van der Waals surface area contributed by atoms with Crippen LogP contribution >= 0.6 is 11.8 Å². The summed E-state index contributed by atoms with van der Waals surface area (Å²) in [5.74, 6) is 0.711. The fourth-order valence-corrected chi connectivity index (χ4v) is 2.26. The summed E-state index contributed by atoms with van der Waals surface area (Å²) in [5.41, 5.74) is 6.70. The van der Waals surface area contributed by atoms with Crippen LogP contribution in [0.1, 0.15) is 27.7 Å². The van der Waals surface area contributed by atoms with Crippen LogP contribution in [-0.2, 0) is 0 Å². The number of anilines is 1. The van der Waals surface area contributed by atoms with E-state index in [1.165, 1.54) is 0 Å². The van der Waals surface area contributed by atoms with Crippen molar-refractivity contribution in [3.8, 4) is 5.75 Å². The maximum absolute atomic E-state index is 9.49. The molecule has 4 heteroatoms. The van der Waals surface area contributed by atoms with E-state index in [2.05, 4.69) is 0 Å². The third kappa shape index (κ3) is 4.13. The lowest BCUT2D eigenvalue weighted by Gasteiger charge is -2.18. The molecule has 1 aromatic rings. The minimum absolute atomic E-state index is 0.103. The fraction of sp³-hybridized carbons (Fsp3) is 0.538. The monoisotopic (exact) mass is 255 g/mol. The molecule has 3 N–H and O–H groups in total. The van der Waals surface area contributed by atoms with Gasteiger partial charge >= 0.3 is 0 Å². The molecule has 0 aliphatic rings. The van der Waals surface area contributed by atoms with Crippen molar-refractivity contribution in [1.29, 1.82) is 0 Å².